The molecular weight excluding hydrogens is 556 g/mol. The maximum atomic E-state index is 7.38. The van der Waals surface area contributed by atoms with Gasteiger partial charge >= 0.3 is 0 Å². The molecular formula is C45H76O. The zero-order valence-electron chi connectivity index (χ0n) is 32.0. The molecule has 46 heavy (non-hydrogen) atoms. The van der Waals surface area contributed by atoms with Gasteiger partial charge in [-0.15, -0.1) is 0 Å². The first-order valence-corrected chi connectivity index (χ1v) is 21.6. The molecule has 1 heteroatoms. The van der Waals surface area contributed by atoms with E-state index in [0.29, 0.717) is 23.0 Å². The van der Waals surface area contributed by atoms with E-state index in [0.717, 1.165) is 101 Å². The molecule has 0 amide bonds. The van der Waals surface area contributed by atoms with Crippen LogP contribution in [0.25, 0.3) is 0 Å². The first kappa shape index (κ1) is 33.1. The van der Waals surface area contributed by atoms with Crippen molar-refractivity contribution in [3.8, 4) is 0 Å². The molecule has 1 heterocycles. The monoisotopic (exact) mass is 633 g/mol. The zero-order chi connectivity index (χ0) is 32.3. The first-order chi connectivity index (χ1) is 21.9. The molecule has 0 N–H and O–H groups in total. The molecule has 1 nitrogen and oxygen atoms in total. The lowest BCUT2D eigenvalue weighted by Crippen LogP contribution is -2.59. The molecule has 8 rings (SSSR count). The number of ether oxygens (including phenoxy) is 1. The van der Waals surface area contributed by atoms with Gasteiger partial charge in [-0.25, -0.2) is 0 Å². The van der Waals surface area contributed by atoms with Crippen molar-refractivity contribution < 1.29 is 4.74 Å². The predicted molar refractivity (Wildman–Crippen MR) is 193 cm³/mol. The number of rotatable bonds is 3. The third-order valence-electron chi connectivity index (χ3n) is 18.2. The molecule has 15 atom stereocenters. The molecule has 262 valence electrons. The minimum absolute atomic E-state index is 0.433. The topological polar surface area (TPSA) is 9.23 Å². The second-order valence-corrected chi connectivity index (χ2v) is 21.6. The smallest absolute Gasteiger partial charge is 0.0613 e. The molecule has 0 aromatic carbocycles. The summed E-state index contributed by atoms with van der Waals surface area (Å²) < 4.78 is 7.38. The third-order valence-corrected chi connectivity index (χ3v) is 18.2. The standard InChI is InChI=1S/C45H76O/c1-25(2)29-22-35(26(3)4)45(36(23-29)27(5)6)34-19-21-39-42(41-30-15-11-10-14-28(30)18-20-38(41)46-39)40(34)33-24-37(44(7,8)9)31-16-12-13-17-32(31)43(33)45/h25-43H,10-24H2,1-9H3. The van der Waals surface area contributed by atoms with Gasteiger partial charge in [0, 0.05) is 0 Å². The quantitative estimate of drug-likeness (QED) is 0.301. The summed E-state index contributed by atoms with van der Waals surface area (Å²) in [6.07, 6.45) is 23.8. The summed E-state index contributed by atoms with van der Waals surface area (Å²) in [5.74, 6) is 15.8. The molecule has 7 saturated carbocycles. The summed E-state index contributed by atoms with van der Waals surface area (Å²) in [7, 11) is 0. The average Bonchev–Trinajstić information content (AvgIpc) is 3.54. The second-order valence-electron chi connectivity index (χ2n) is 21.6. The van der Waals surface area contributed by atoms with Gasteiger partial charge in [0.15, 0.2) is 0 Å². The van der Waals surface area contributed by atoms with Crippen molar-refractivity contribution in [2.45, 2.75) is 171 Å². The van der Waals surface area contributed by atoms with Crippen LogP contribution in [-0.4, -0.2) is 12.2 Å². The van der Waals surface area contributed by atoms with Crippen LogP contribution >= 0.6 is 0 Å². The fourth-order valence-electron chi connectivity index (χ4n) is 17.1. The Kier molecular flexibility index (Phi) is 8.67. The van der Waals surface area contributed by atoms with Gasteiger partial charge in [-0.05, 0) is 176 Å². The molecule has 1 aliphatic heterocycles. The molecule has 8 fully saturated rings. The van der Waals surface area contributed by atoms with Crippen LogP contribution < -0.4 is 0 Å². The number of hydrogen-bond donors (Lipinski definition) is 0. The normalized spacial score (nSPS) is 53.5. The molecule has 7 aliphatic carbocycles. The lowest BCUT2D eigenvalue weighted by atomic mass is 9.40. The van der Waals surface area contributed by atoms with Gasteiger partial charge in [0.25, 0.3) is 0 Å². The number of fused-ring (bicyclic) bond motifs is 13. The van der Waals surface area contributed by atoms with E-state index in [1.54, 1.807) is 12.8 Å². The Labute approximate surface area is 286 Å². The van der Waals surface area contributed by atoms with Crippen molar-refractivity contribution in [2.24, 2.45) is 111 Å². The summed E-state index contributed by atoms with van der Waals surface area (Å²) >= 11 is 0. The van der Waals surface area contributed by atoms with Crippen molar-refractivity contribution in [1.29, 1.82) is 0 Å². The highest BCUT2D eigenvalue weighted by molar-refractivity contribution is 5.22. The van der Waals surface area contributed by atoms with E-state index in [1.807, 2.05) is 0 Å². The Morgan fingerprint density at radius 3 is 1.76 bits per heavy atom. The lowest BCUT2D eigenvalue weighted by Gasteiger charge is -2.64. The van der Waals surface area contributed by atoms with Crippen LogP contribution in [0.3, 0.4) is 0 Å². The van der Waals surface area contributed by atoms with E-state index >= 15 is 0 Å². The van der Waals surface area contributed by atoms with Crippen molar-refractivity contribution in [1.82, 2.24) is 0 Å². The van der Waals surface area contributed by atoms with Crippen LogP contribution in [0.5, 0.6) is 0 Å². The largest absolute Gasteiger partial charge is 0.374 e. The van der Waals surface area contributed by atoms with E-state index in [2.05, 4.69) is 62.3 Å². The van der Waals surface area contributed by atoms with Gasteiger partial charge in [0.2, 0.25) is 0 Å². The van der Waals surface area contributed by atoms with Crippen LogP contribution in [0.4, 0.5) is 0 Å². The third kappa shape index (κ3) is 4.80. The maximum Gasteiger partial charge on any atom is 0.0613 e. The molecule has 0 aromatic rings. The van der Waals surface area contributed by atoms with Crippen molar-refractivity contribution in [2.75, 3.05) is 0 Å². The average molecular weight is 633 g/mol. The summed E-state index contributed by atoms with van der Waals surface area (Å²) in [4.78, 5) is 0. The van der Waals surface area contributed by atoms with E-state index in [1.165, 1.54) is 83.5 Å². The molecule has 0 aromatic heterocycles. The van der Waals surface area contributed by atoms with Crippen molar-refractivity contribution in [3.63, 3.8) is 0 Å². The fraction of sp³-hybridized carbons (Fsp3) is 1.00. The summed E-state index contributed by atoms with van der Waals surface area (Å²) in [5, 5.41) is 0. The van der Waals surface area contributed by atoms with Gasteiger partial charge in [-0.1, -0.05) is 94.4 Å². The van der Waals surface area contributed by atoms with Crippen LogP contribution in [0.15, 0.2) is 0 Å². The summed E-state index contributed by atoms with van der Waals surface area (Å²) in [5.41, 5.74) is 0.999. The second kappa shape index (κ2) is 12.0. The van der Waals surface area contributed by atoms with Crippen LogP contribution in [0.2, 0.25) is 0 Å². The number of hydrogen-bond acceptors (Lipinski definition) is 1. The molecule has 8 aliphatic rings. The van der Waals surface area contributed by atoms with Crippen LogP contribution in [-0.2, 0) is 4.74 Å². The fourth-order valence-corrected chi connectivity index (χ4v) is 17.1. The zero-order valence-corrected chi connectivity index (χ0v) is 32.0. The SMILES string of the molecule is CC(C)C1CC(C(C)C)C2(C(C(C)C)C1)C1CCC3OC4CCC5CCCCC5C4C3C1C1CC(C(C)(C)C)C3CCCCC3C12. The highest BCUT2D eigenvalue weighted by Crippen LogP contribution is 2.79. The Morgan fingerprint density at radius 1 is 0.543 bits per heavy atom. The van der Waals surface area contributed by atoms with E-state index in [9.17, 15) is 0 Å². The van der Waals surface area contributed by atoms with E-state index < -0.39 is 0 Å². The maximum absolute atomic E-state index is 7.38. The molecule has 1 spiro atoms. The van der Waals surface area contributed by atoms with Crippen LogP contribution in [0.1, 0.15) is 159 Å². The molecule has 0 radical (unpaired) electrons. The van der Waals surface area contributed by atoms with Crippen molar-refractivity contribution >= 4 is 0 Å². The van der Waals surface area contributed by atoms with Gasteiger partial charge in [0.05, 0.1) is 12.2 Å². The minimum Gasteiger partial charge on any atom is -0.374 e. The van der Waals surface area contributed by atoms with Crippen molar-refractivity contribution in [3.05, 3.63) is 0 Å². The van der Waals surface area contributed by atoms with Gasteiger partial charge < -0.3 is 4.74 Å². The Bertz CT molecular complexity index is 1060. The van der Waals surface area contributed by atoms with E-state index in [-0.39, 0.29) is 0 Å². The van der Waals surface area contributed by atoms with E-state index in [4.69, 9.17) is 4.74 Å². The predicted octanol–water partition coefficient (Wildman–Crippen LogP) is 12.3. The molecule has 15 unspecified atom stereocenters. The van der Waals surface area contributed by atoms with Gasteiger partial charge in [-0.2, -0.15) is 0 Å². The van der Waals surface area contributed by atoms with Crippen LogP contribution in [0, 0.1) is 111 Å². The highest BCUT2D eigenvalue weighted by Gasteiger charge is 2.74. The van der Waals surface area contributed by atoms with Gasteiger partial charge in [0.1, 0.15) is 0 Å². The Morgan fingerprint density at radius 2 is 1.13 bits per heavy atom. The first-order valence-electron chi connectivity index (χ1n) is 21.6. The highest BCUT2D eigenvalue weighted by atomic mass is 16.5. The van der Waals surface area contributed by atoms with Gasteiger partial charge in [-0.3, -0.25) is 0 Å². The summed E-state index contributed by atoms with van der Waals surface area (Å²) in [6, 6.07) is 0. The summed E-state index contributed by atoms with van der Waals surface area (Å²) in [6.45, 7) is 23.9. The molecule has 1 saturated heterocycles. The lowest BCUT2D eigenvalue weighted by molar-refractivity contribution is -0.166. The molecule has 0 bridgehead atoms. The minimum atomic E-state index is 0.433. The Hall–Kier alpha value is -0.0400. The Balaban J connectivity index is 1.31.